The maximum Gasteiger partial charge on any atom is 0.161 e. The van der Waals surface area contributed by atoms with Gasteiger partial charge in [0.15, 0.2) is 11.4 Å². The lowest BCUT2D eigenvalue weighted by Crippen LogP contribution is -2.02. The molecule has 0 spiro atoms. The highest BCUT2D eigenvalue weighted by Crippen LogP contribution is 2.42. The van der Waals surface area contributed by atoms with Gasteiger partial charge in [0.05, 0.1) is 11.3 Å². The highest BCUT2D eigenvalue weighted by molar-refractivity contribution is 6.31. The number of aldehydes is 1. The summed E-state index contributed by atoms with van der Waals surface area (Å²) in [6.07, 6.45) is 3.13. The molecule has 1 aromatic rings. The van der Waals surface area contributed by atoms with E-state index in [-0.39, 0.29) is 0 Å². The Labute approximate surface area is 81.7 Å². The number of nitrogens with zero attached hydrogens (tertiary/aromatic N) is 2. The van der Waals surface area contributed by atoms with Gasteiger partial charge in [0.25, 0.3) is 0 Å². The zero-order valence-electron chi connectivity index (χ0n) is 7.46. The third-order valence-corrected chi connectivity index (χ3v) is 2.65. The molecule has 1 aliphatic carbocycles. The number of carbonyl (C=O) groups is 1. The molecular weight excluding hydrogens is 188 g/mol. The first-order chi connectivity index (χ1) is 6.27. The normalized spacial score (nSPS) is 16.2. The lowest BCUT2D eigenvalue weighted by atomic mass is 10.2. The summed E-state index contributed by atoms with van der Waals surface area (Å²) in [5, 5.41) is 4.46. The molecule has 3 nitrogen and oxygen atoms in total. The minimum atomic E-state index is 0.346. The van der Waals surface area contributed by atoms with Crippen LogP contribution in [0.4, 0.5) is 0 Å². The van der Waals surface area contributed by atoms with Gasteiger partial charge in [0, 0.05) is 12.5 Å². The fourth-order valence-electron chi connectivity index (χ4n) is 1.60. The van der Waals surface area contributed by atoms with Crippen LogP contribution < -0.4 is 0 Å². The van der Waals surface area contributed by atoms with Crippen LogP contribution >= 0.6 is 11.6 Å². The van der Waals surface area contributed by atoms with E-state index < -0.39 is 0 Å². The Balaban J connectivity index is 2.51. The Morgan fingerprint density at radius 2 is 2.38 bits per heavy atom. The van der Waals surface area contributed by atoms with E-state index in [1.54, 1.807) is 0 Å². The van der Waals surface area contributed by atoms with E-state index in [2.05, 4.69) is 5.10 Å². The Morgan fingerprint density at radius 1 is 1.69 bits per heavy atom. The molecular formula is C9H11ClN2O. The Hall–Kier alpha value is -0.830. The van der Waals surface area contributed by atoms with E-state index in [1.165, 1.54) is 0 Å². The largest absolute Gasteiger partial charge is 0.298 e. The average molecular weight is 199 g/mol. The molecule has 0 bridgehead atoms. The van der Waals surface area contributed by atoms with Crippen LogP contribution in [-0.2, 0) is 6.54 Å². The summed E-state index contributed by atoms with van der Waals surface area (Å²) in [6, 6.07) is 0. The third-order valence-electron chi connectivity index (χ3n) is 2.37. The van der Waals surface area contributed by atoms with Crippen LogP contribution in [0.1, 0.15) is 41.7 Å². The zero-order valence-corrected chi connectivity index (χ0v) is 8.21. The third kappa shape index (κ3) is 1.37. The molecule has 70 valence electrons. The molecule has 0 N–H and O–H groups in total. The number of hydrogen-bond acceptors (Lipinski definition) is 2. The van der Waals surface area contributed by atoms with E-state index in [1.807, 2.05) is 11.6 Å². The van der Waals surface area contributed by atoms with E-state index in [9.17, 15) is 4.79 Å². The predicted molar refractivity (Wildman–Crippen MR) is 50.3 cm³/mol. The van der Waals surface area contributed by atoms with Gasteiger partial charge in [-0.25, -0.2) is 0 Å². The molecule has 4 heteroatoms. The summed E-state index contributed by atoms with van der Waals surface area (Å²) in [6.45, 7) is 2.78. The van der Waals surface area contributed by atoms with Crippen LogP contribution in [0.3, 0.4) is 0 Å². The van der Waals surface area contributed by atoms with Crippen LogP contribution in [0, 0.1) is 0 Å². The Morgan fingerprint density at radius 3 is 2.85 bits per heavy atom. The molecule has 0 radical (unpaired) electrons. The number of rotatable bonds is 3. The van der Waals surface area contributed by atoms with Crippen molar-refractivity contribution >= 4 is 17.9 Å². The lowest BCUT2D eigenvalue weighted by Gasteiger charge is -2.01. The molecule has 1 aliphatic rings. The van der Waals surface area contributed by atoms with Crippen molar-refractivity contribution in [3.8, 4) is 0 Å². The van der Waals surface area contributed by atoms with Gasteiger partial charge in [-0.2, -0.15) is 5.10 Å². The highest BCUT2D eigenvalue weighted by Gasteiger charge is 2.31. The zero-order chi connectivity index (χ0) is 9.42. The summed E-state index contributed by atoms with van der Waals surface area (Å²) in [5.74, 6) is 0.514. The second-order valence-corrected chi connectivity index (χ2v) is 3.66. The quantitative estimate of drug-likeness (QED) is 0.699. The minimum absolute atomic E-state index is 0.346. The molecule has 0 aromatic carbocycles. The van der Waals surface area contributed by atoms with Crippen molar-refractivity contribution in [1.82, 2.24) is 9.78 Å². The van der Waals surface area contributed by atoms with E-state index in [0.717, 1.165) is 31.4 Å². The molecule has 1 fully saturated rings. The summed E-state index contributed by atoms with van der Waals surface area (Å²) in [7, 11) is 0. The van der Waals surface area contributed by atoms with Gasteiger partial charge >= 0.3 is 0 Å². The van der Waals surface area contributed by atoms with E-state index >= 15 is 0 Å². The molecule has 1 saturated carbocycles. The number of aromatic nitrogens is 2. The number of halogens is 1. The fraction of sp³-hybridized carbons (Fsp3) is 0.556. The van der Waals surface area contributed by atoms with Crippen LogP contribution in [-0.4, -0.2) is 16.1 Å². The maximum atomic E-state index is 10.8. The highest BCUT2D eigenvalue weighted by atomic mass is 35.5. The molecule has 0 saturated heterocycles. The molecule has 0 amide bonds. The van der Waals surface area contributed by atoms with E-state index in [4.69, 9.17) is 11.6 Å². The van der Waals surface area contributed by atoms with Gasteiger partial charge in [0.1, 0.15) is 0 Å². The topological polar surface area (TPSA) is 34.9 Å². The van der Waals surface area contributed by atoms with Gasteiger partial charge in [-0.05, 0) is 19.8 Å². The van der Waals surface area contributed by atoms with E-state index in [0.29, 0.717) is 16.6 Å². The van der Waals surface area contributed by atoms with Crippen molar-refractivity contribution in [2.24, 2.45) is 0 Å². The van der Waals surface area contributed by atoms with Crippen LogP contribution in [0.25, 0.3) is 0 Å². The summed E-state index contributed by atoms with van der Waals surface area (Å²) in [4.78, 5) is 10.8. The first-order valence-corrected chi connectivity index (χ1v) is 4.87. The van der Waals surface area contributed by atoms with Gasteiger partial charge in [-0.3, -0.25) is 9.48 Å². The Kier molecular flexibility index (Phi) is 2.12. The Bertz CT molecular complexity index is 342. The molecule has 0 unspecified atom stereocenters. The average Bonchev–Trinajstić information content (AvgIpc) is 2.90. The van der Waals surface area contributed by atoms with Crippen molar-refractivity contribution in [2.75, 3.05) is 0 Å². The number of aryl methyl sites for hydroxylation is 1. The summed E-state index contributed by atoms with van der Waals surface area (Å²) >= 11 is 5.84. The van der Waals surface area contributed by atoms with Gasteiger partial charge in [0.2, 0.25) is 0 Å². The molecule has 0 atom stereocenters. The first kappa shape index (κ1) is 8.75. The van der Waals surface area contributed by atoms with Crippen LogP contribution in [0.15, 0.2) is 0 Å². The monoisotopic (exact) mass is 198 g/mol. The van der Waals surface area contributed by atoms with Gasteiger partial charge in [-0.15, -0.1) is 0 Å². The maximum absolute atomic E-state index is 10.8. The van der Waals surface area contributed by atoms with Gasteiger partial charge in [-0.1, -0.05) is 11.6 Å². The minimum Gasteiger partial charge on any atom is -0.298 e. The molecule has 1 aromatic heterocycles. The van der Waals surface area contributed by atoms with Crippen LogP contribution in [0.5, 0.6) is 0 Å². The lowest BCUT2D eigenvalue weighted by molar-refractivity contribution is 0.112. The SMILES string of the molecule is CCn1nc(Cl)c(C=O)c1C1CC1. The smallest absolute Gasteiger partial charge is 0.161 e. The second-order valence-electron chi connectivity index (χ2n) is 3.30. The number of hydrogen-bond donors (Lipinski definition) is 0. The van der Waals surface area contributed by atoms with Crippen LogP contribution in [0.2, 0.25) is 5.15 Å². The predicted octanol–water partition coefficient (Wildman–Crippen LogP) is 2.25. The summed E-state index contributed by atoms with van der Waals surface area (Å²) in [5.41, 5.74) is 1.62. The number of carbonyl (C=O) groups excluding carboxylic acids is 1. The summed E-state index contributed by atoms with van der Waals surface area (Å²) < 4.78 is 1.84. The molecule has 2 rings (SSSR count). The van der Waals surface area contributed by atoms with Crippen molar-refractivity contribution in [3.63, 3.8) is 0 Å². The van der Waals surface area contributed by atoms with Gasteiger partial charge < -0.3 is 0 Å². The van der Waals surface area contributed by atoms with Crippen molar-refractivity contribution in [1.29, 1.82) is 0 Å². The van der Waals surface area contributed by atoms with Crippen molar-refractivity contribution in [2.45, 2.75) is 32.2 Å². The van der Waals surface area contributed by atoms with Crippen molar-refractivity contribution < 1.29 is 4.79 Å². The molecule has 0 aliphatic heterocycles. The first-order valence-electron chi connectivity index (χ1n) is 4.49. The molecule has 13 heavy (non-hydrogen) atoms. The second kappa shape index (κ2) is 3.14. The fourth-order valence-corrected chi connectivity index (χ4v) is 1.83. The standard InChI is InChI=1S/C9H11ClN2O/c1-2-12-8(6-3-4-6)7(5-13)9(10)11-12/h5-6H,2-4H2,1H3. The van der Waals surface area contributed by atoms with Crippen molar-refractivity contribution in [3.05, 3.63) is 16.4 Å². The molecule has 1 heterocycles.